The summed E-state index contributed by atoms with van der Waals surface area (Å²) in [4.78, 5) is 0. The third-order valence-electron chi connectivity index (χ3n) is 4.82. The zero-order valence-electron chi connectivity index (χ0n) is 14.9. The summed E-state index contributed by atoms with van der Waals surface area (Å²) in [6, 6.07) is 20.7. The van der Waals surface area contributed by atoms with Crippen LogP contribution in [0.15, 0.2) is 60.7 Å². The summed E-state index contributed by atoms with van der Waals surface area (Å²) in [7, 11) is 0. The zero-order valence-corrected chi connectivity index (χ0v) is 15.7. The van der Waals surface area contributed by atoms with Crippen LogP contribution in [0.5, 0.6) is 11.5 Å². The fourth-order valence-electron chi connectivity index (χ4n) is 3.40. The maximum Gasteiger partial charge on any atom is 0.161 e. The second kappa shape index (κ2) is 6.59. The van der Waals surface area contributed by atoms with Gasteiger partial charge in [0.1, 0.15) is 13.2 Å². The van der Waals surface area contributed by atoms with E-state index in [4.69, 9.17) is 9.47 Å². The van der Waals surface area contributed by atoms with Crippen molar-refractivity contribution in [2.75, 3.05) is 18.5 Å². The standard InChI is InChI=1S/C22H18N2O2S/c1-14-16(15-9-10-19-20(13-15)26-12-11-25-19)6-4-7-18(14)23-22-17-5-2-3-8-21(17)27-24-22/h2-10,13H,11-12H2,1H3,(H,23,24). The van der Waals surface area contributed by atoms with Crippen molar-refractivity contribution < 1.29 is 9.47 Å². The number of hydrogen-bond donors (Lipinski definition) is 1. The summed E-state index contributed by atoms with van der Waals surface area (Å²) < 4.78 is 17.1. The number of nitrogens with one attached hydrogen (secondary N) is 1. The predicted molar refractivity (Wildman–Crippen MR) is 111 cm³/mol. The van der Waals surface area contributed by atoms with Crippen LogP contribution >= 0.6 is 11.5 Å². The molecule has 1 aliphatic rings. The molecule has 0 unspecified atom stereocenters. The molecule has 3 aromatic carbocycles. The largest absolute Gasteiger partial charge is 0.486 e. The molecule has 1 N–H and O–H groups in total. The quantitative estimate of drug-likeness (QED) is 0.493. The third-order valence-corrected chi connectivity index (χ3v) is 5.64. The number of hydrogen-bond acceptors (Lipinski definition) is 5. The Morgan fingerprint density at radius 1 is 0.926 bits per heavy atom. The molecule has 5 rings (SSSR count). The molecule has 0 aliphatic carbocycles. The van der Waals surface area contributed by atoms with Crippen LogP contribution in [0.1, 0.15) is 5.56 Å². The van der Waals surface area contributed by atoms with Crippen molar-refractivity contribution in [2.45, 2.75) is 6.92 Å². The van der Waals surface area contributed by atoms with Crippen LogP contribution < -0.4 is 14.8 Å². The van der Waals surface area contributed by atoms with Gasteiger partial charge in [0, 0.05) is 11.1 Å². The van der Waals surface area contributed by atoms with Crippen LogP contribution in [0, 0.1) is 6.92 Å². The minimum absolute atomic E-state index is 0.591. The number of rotatable bonds is 3. The average Bonchev–Trinajstić information content (AvgIpc) is 3.12. The van der Waals surface area contributed by atoms with E-state index in [0.29, 0.717) is 13.2 Å². The second-order valence-electron chi connectivity index (χ2n) is 6.49. The van der Waals surface area contributed by atoms with E-state index in [1.54, 1.807) is 0 Å². The number of benzene rings is 3. The highest BCUT2D eigenvalue weighted by molar-refractivity contribution is 7.13. The molecule has 1 aromatic heterocycles. The lowest BCUT2D eigenvalue weighted by molar-refractivity contribution is 0.171. The fraction of sp³-hybridized carbons (Fsp3) is 0.136. The lowest BCUT2D eigenvalue weighted by Crippen LogP contribution is -2.15. The molecule has 27 heavy (non-hydrogen) atoms. The second-order valence-corrected chi connectivity index (χ2v) is 7.29. The number of nitrogens with zero attached hydrogens (tertiary/aromatic N) is 1. The highest BCUT2D eigenvalue weighted by Crippen LogP contribution is 2.38. The molecule has 0 radical (unpaired) electrons. The molecule has 0 spiro atoms. The first kappa shape index (κ1) is 16.1. The Balaban J connectivity index is 1.53. The van der Waals surface area contributed by atoms with E-state index in [1.807, 2.05) is 18.2 Å². The Bertz CT molecular complexity index is 1140. The highest BCUT2D eigenvalue weighted by Gasteiger charge is 2.15. The van der Waals surface area contributed by atoms with Crippen LogP contribution in [-0.2, 0) is 0 Å². The van der Waals surface area contributed by atoms with Crippen molar-refractivity contribution in [3.05, 3.63) is 66.2 Å². The highest BCUT2D eigenvalue weighted by atomic mass is 32.1. The first-order valence-corrected chi connectivity index (χ1v) is 9.68. The molecule has 4 aromatic rings. The summed E-state index contributed by atoms with van der Waals surface area (Å²) in [5.41, 5.74) is 4.50. The third kappa shape index (κ3) is 2.90. The Kier molecular flexibility index (Phi) is 3.94. The molecule has 0 amide bonds. The van der Waals surface area contributed by atoms with Gasteiger partial charge in [-0.25, -0.2) is 0 Å². The minimum atomic E-state index is 0.591. The number of ether oxygens (including phenoxy) is 2. The number of fused-ring (bicyclic) bond motifs is 2. The first-order valence-electron chi connectivity index (χ1n) is 8.91. The molecule has 0 bridgehead atoms. The topological polar surface area (TPSA) is 43.4 Å². The van der Waals surface area contributed by atoms with Gasteiger partial charge >= 0.3 is 0 Å². The summed E-state index contributed by atoms with van der Waals surface area (Å²) in [5, 5.41) is 4.66. The van der Waals surface area contributed by atoms with Gasteiger partial charge in [0.05, 0.1) is 4.70 Å². The smallest absolute Gasteiger partial charge is 0.161 e. The van der Waals surface area contributed by atoms with E-state index in [0.717, 1.165) is 39.5 Å². The predicted octanol–water partition coefficient (Wildman–Crippen LogP) is 5.79. The van der Waals surface area contributed by atoms with E-state index in [-0.39, 0.29) is 0 Å². The van der Waals surface area contributed by atoms with Crippen LogP contribution in [0.3, 0.4) is 0 Å². The molecular weight excluding hydrogens is 356 g/mol. The summed E-state index contributed by atoms with van der Waals surface area (Å²) in [6.45, 7) is 3.32. The van der Waals surface area contributed by atoms with Crippen molar-refractivity contribution >= 4 is 33.1 Å². The van der Waals surface area contributed by atoms with Gasteiger partial charge in [0.2, 0.25) is 0 Å². The number of anilines is 2. The lowest BCUT2D eigenvalue weighted by Gasteiger charge is -2.19. The molecule has 0 atom stereocenters. The maximum absolute atomic E-state index is 5.74. The lowest BCUT2D eigenvalue weighted by atomic mass is 9.98. The van der Waals surface area contributed by atoms with E-state index in [1.165, 1.54) is 21.8 Å². The summed E-state index contributed by atoms with van der Waals surface area (Å²) in [5.74, 6) is 2.52. The molecule has 4 nitrogen and oxygen atoms in total. The van der Waals surface area contributed by atoms with Crippen molar-refractivity contribution in [2.24, 2.45) is 0 Å². The van der Waals surface area contributed by atoms with Gasteiger partial charge in [-0.1, -0.05) is 30.3 Å². The van der Waals surface area contributed by atoms with Gasteiger partial charge in [-0.3, -0.25) is 0 Å². The molecule has 134 valence electrons. The summed E-state index contributed by atoms with van der Waals surface area (Å²) in [6.07, 6.45) is 0. The first-order chi connectivity index (χ1) is 13.3. The van der Waals surface area contributed by atoms with E-state index < -0.39 is 0 Å². The Labute approximate surface area is 161 Å². The minimum Gasteiger partial charge on any atom is -0.486 e. The van der Waals surface area contributed by atoms with Crippen molar-refractivity contribution in [1.29, 1.82) is 0 Å². The van der Waals surface area contributed by atoms with Gasteiger partial charge in [0.15, 0.2) is 17.3 Å². The van der Waals surface area contributed by atoms with Crippen molar-refractivity contribution in [1.82, 2.24) is 4.37 Å². The SMILES string of the molecule is Cc1c(Nc2nsc3ccccc23)cccc1-c1ccc2c(c1)OCCO2. The Hall–Kier alpha value is -3.05. The van der Waals surface area contributed by atoms with Gasteiger partial charge in [0.25, 0.3) is 0 Å². The molecule has 1 aliphatic heterocycles. The number of aromatic nitrogens is 1. The molecular formula is C22H18N2O2S. The van der Waals surface area contributed by atoms with Crippen LogP contribution in [0.2, 0.25) is 0 Å². The van der Waals surface area contributed by atoms with E-state index in [2.05, 4.69) is 59.1 Å². The summed E-state index contributed by atoms with van der Waals surface area (Å²) >= 11 is 1.51. The Morgan fingerprint density at radius 2 is 1.78 bits per heavy atom. The van der Waals surface area contributed by atoms with Gasteiger partial charge in [-0.15, -0.1) is 0 Å². The monoisotopic (exact) mass is 374 g/mol. The molecule has 5 heteroatoms. The molecule has 0 saturated heterocycles. The molecule has 0 fully saturated rings. The fourth-order valence-corrected chi connectivity index (χ4v) is 4.13. The maximum atomic E-state index is 5.74. The normalized spacial score (nSPS) is 12.9. The van der Waals surface area contributed by atoms with Gasteiger partial charge in [-0.2, -0.15) is 4.37 Å². The van der Waals surface area contributed by atoms with E-state index >= 15 is 0 Å². The van der Waals surface area contributed by atoms with Crippen molar-refractivity contribution in [3.63, 3.8) is 0 Å². The van der Waals surface area contributed by atoms with Crippen LogP contribution in [0.4, 0.5) is 11.5 Å². The van der Waals surface area contributed by atoms with Crippen LogP contribution in [-0.4, -0.2) is 17.6 Å². The van der Waals surface area contributed by atoms with E-state index in [9.17, 15) is 0 Å². The van der Waals surface area contributed by atoms with Gasteiger partial charge in [-0.05, 0) is 65.5 Å². The molecule has 2 heterocycles. The molecule has 0 saturated carbocycles. The zero-order chi connectivity index (χ0) is 18.2. The Morgan fingerprint density at radius 3 is 2.70 bits per heavy atom. The average molecular weight is 374 g/mol. The van der Waals surface area contributed by atoms with Crippen LogP contribution in [0.25, 0.3) is 21.2 Å². The van der Waals surface area contributed by atoms with Gasteiger partial charge < -0.3 is 14.8 Å². The van der Waals surface area contributed by atoms with Crippen molar-refractivity contribution in [3.8, 4) is 22.6 Å².